The van der Waals surface area contributed by atoms with Crippen molar-refractivity contribution in [1.82, 2.24) is 9.47 Å². The van der Waals surface area contributed by atoms with E-state index in [1.165, 1.54) is 17.8 Å². The Morgan fingerprint density at radius 3 is 2.50 bits per heavy atom. The van der Waals surface area contributed by atoms with E-state index in [-0.39, 0.29) is 18.3 Å². The molecule has 0 atom stereocenters. The summed E-state index contributed by atoms with van der Waals surface area (Å²) in [6, 6.07) is 16.4. The van der Waals surface area contributed by atoms with Crippen LogP contribution in [0.3, 0.4) is 0 Å². The van der Waals surface area contributed by atoms with Gasteiger partial charge in [0.25, 0.3) is 5.91 Å². The van der Waals surface area contributed by atoms with Gasteiger partial charge in [0.15, 0.2) is 5.17 Å². The largest absolute Gasteiger partial charge is 0.489 e. The molecule has 0 N–H and O–H groups in total. The number of amidine groups is 1. The molecule has 0 aliphatic carbocycles. The highest BCUT2D eigenvalue weighted by Gasteiger charge is 2.32. The monoisotopic (exact) mass is 477 g/mol. The van der Waals surface area contributed by atoms with E-state index in [1.54, 1.807) is 23.1 Å². The molecule has 1 amide bonds. The zero-order valence-corrected chi connectivity index (χ0v) is 20.7. The smallest absolute Gasteiger partial charge is 0.266 e. The molecule has 7 heteroatoms. The molecule has 1 saturated heterocycles. The van der Waals surface area contributed by atoms with Crippen LogP contribution in [-0.4, -0.2) is 33.6 Å². The lowest BCUT2D eigenvalue weighted by Gasteiger charge is -2.12. The van der Waals surface area contributed by atoms with E-state index in [9.17, 15) is 9.18 Å². The highest BCUT2D eigenvalue weighted by atomic mass is 32.2. The van der Waals surface area contributed by atoms with E-state index in [1.807, 2.05) is 58.0 Å². The number of aromatic nitrogens is 1. The Morgan fingerprint density at radius 2 is 1.82 bits per heavy atom. The van der Waals surface area contributed by atoms with Crippen molar-refractivity contribution in [3.63, 3.8) is 0 Å². The maximum atomic E-state index is 13.8. The van der Waals surface area contributed by atoms with Crippen LogP contribution in [0.4, 0.5) is 4.39 Å². The van der Waals surface area contributed by atoms with Gasteiger partial charge in [0.05, 0.1) is 4.91 Å². The molecule has 0 unspecified atom stereocenters. The lowest BCUT2D eigenvalue weighted by molar-refractivity contribution is -0.122. The fraction of sp³-hybridized carbons (Fsp3) is 0.259. The molecule has 1 aliphatic rings. The van der Waals surface area contributed by atoms with E-state index in [0.717, 1.165) is 27.8 Å². The SMILES string of the molecule is CCN=C1S/C(=C/c2cc(C)n(-c3ccc(OCc4ccccc4F)cc3)c2C)C(=O)N1CC. The number of benzene rings is 2. The maximum absolute atomic E-state index is 13.8. The molecule has 1 fully saturated rings. The molecule has 0 saturated carbocycles. The third-order valence-corrected chi connectivity index (χ3v) is 6.75. The number of ether oxygens (including phenoxy) is 1. The van der Waals surface area contributed by atoms with E-state index in [2.05, 4.69) is 15.6 Å². The Bertz CT molecular complexity index is 1260. The predicted octanol–water partition coefficient (Wildman–Crippen LogP) is 6.12. The summed E-state index contributed by atoms with van der Waals surface area (Å²) < 4.78 is 21.7. The number of nitrogens with zero attached hydrogens (tertiary/aromatic N) is 3. The third-order valence-electron chi connectivity index (χ3n) is 5.70. The van der Waals surface area contributed by atoms with Gasteiger partial charge in [0.2, 0.25) is 0 Å². The quantitative estimate of drug-likeness (QED) is 0.385. The van der Waals surface area contributed by atoms with Crippen molar-refractivity contribution in [3.05, 3.63) is 87.8 Å². The Balaban J connectivity index is 1.55. The van der Waals surface area contributed by atoms with Crippen molar-refractivity contribution in [2.45, 2.75) is 34.3 Å². The van der Waals surface area contributed by atoms with Gasteiger partial charge in [-0.2, -0.15) is 0 Å². The number of thioether (sulfide) groups is 1. The lowest BCUT2D eigenvalue weighted by atomic mass is 10.2. The summed E-state index contributed by atoms with van der Waals surface area (Å²) in [5, 5.41) is 0.765. The van der Waals surface area contributed by atoms with Crippen molar-refractivity contribution < 1.29 is 13.9 Å². The summed E-state index contributed by atoms with van der Waals surface area (Å²) in [7, 11) is 0. The molecule has 1 aliphatic heterocycles. The van der Waals surface area contributed by atoms with Crippen LogP contribution < -0.4 is 4.74 Å². The van der Waals surface area contributed by atoms with Crippen LogP contribution in [0.2, 0.25) is 0 Å². The van der Waals surface area contributed by atoms with Crippen molar-refractivity contribution in [3.8, 4) is 11.4 Å². The van der Waals surface area contributed by atoms with Gasteiger partial charge in [0.1, 0.15) is 18.2 Å². The van der Waals surface area contributed by atoms with E-state index >= 15 is 0 Å². The normalized spacial score (nSPS) is 16.1. The second-order valence-electron chi connectivity index (χ2n) is 7.95. The summed E-state index contributed by atoms with van der Waals surface area (Å²) in [5.41, 5.74) is 4.63. The Hall–Kier alpha value is -3.32. The van der Waals surface area contributed by atoms with E-state index in [0.29, 0.717) is 29.3 Å². The number of hydrogen-bond donors (Lipinski definition) is 0. The van der Waals surface area contributed by atoms with Crippen LogP contribution >= 0.6 is 11.8 Å². The predicted molar refractivity (Wildman–Crippen MR) is 137 cm³/mol. The number of halogens is 1. The molecule has 0 radical (unpaired) electrons. The van der Waals surface area contributed by atoms with Gasteiger partial charge in [-0.25, -0.2) is 4.39 Å². The second-order valence-corrected chi connectivity index (χ2v) is 8.96. The summed E-state index contributed by atoms with van der Waals surface area (Å²) in [6.07, 6.45) is 1.96. The van der Waals surface area contributed by atoms with Crippen LogP contribution in [0.1, 0.15) is 36.4 Å². The fourth-order valence-corrected chi connectivity index (χ4v) is 5.08. The molecular formula is C27H28FN3O2S. The van der Waals surface area contributed by atoms with Gasteiger partial charge in [-0.05, 0) is 87.5 Å². The van der Waals surface area contributed by atoms with Gasteiger partial charge < -0.3 is 9.30 Å². The van der Waals surface area contributed by atoms with Crippen LogP contribution in [-0.2, 0) is 11.4 Å². The number of likely N-dealkylation sites (N-methyl/N-ethyl adjacent to an activating group) is 1. The zero-order chi connectivity index (χ0) is 24.2. The topological polar surface area (TPSA) is 46.8 Å². The molecule has 1 aromatic heterocycles. The average molecular weight is 478 g/mol. The first-order valence-electron chi connectivity index (χ1n) is 11.3. The Kier molecular flexibility index (Phi) is 7.22. The van der Waals surface area contributed by atoms with Gasteiger partial charge in [-0.1, -0.05) is 18.2 Å². The average Bonchev–Trinajstić information content (AvgIpc) is 3.28. The molecule has 176 valence electrons. The lowest BCUT2D eigenvalue weighted by Crippen LogP contribution is -2.28. The van der Waals surface area contributed by atoms with Crippen molar-refractivity contribution in [1.29, 1.82) is 0 Å². The van der Waals surface area contributed by atoms with Crippen LogP contribution in [0, 0.1) is 19.7 Å². The second kappa shape index (κ2) is 10.3. The van der Waals surface area contributed by atoms with Crippen molar-refractivity contribution >= 4 is 28.9 Å². The molecule has 3 aromatic rings. The fourth-order valence-electron chi connectivity index (χ4n) is 3.98. The zero-order valence-electron chi connectivity index (χ0n) is 19.8. The first kappa shape index (κ1) is 23.8. The van der Waals surface area contributed by atoms with Crippen molar-refractivity contribution in [2.24, 2.45) is 4.99 Å². The number of carbonyl (C=O) groups excluding carboxylic acids is 1. The minimum Gasteiger partial charge on any atom is -0.489 e. The van der Waals surface area contributed by atoms with Gasteiger partial charge in [-0.15, -0.1) is 0 Å². The highest BCUT2D eigenvalue weighted by molar-refractivity contribution is 8.18. The molecule has 0 bridgehead atoms. The molecule has 34 heavy (non-hydrogen) atoms. The maximum Gasteiger partial charge on any atom is 0.266 e. The summed E-state index contributed by atoms with van der Waals surface area (Å²) in [6.45, 7) is 9.45. The minimum absolute atomic E-state index is 0.000794. The summed E-state index contributed by atoms with van der Waals surface area (Å²) in [4.78, 5) is 19.7. The number of carbonyl (C=O) groups is 1. The van der Waals surface area contributed by atoms with E-state index < -0.39 is 0 Å². The van der Waals surface area contributed by atoms with Crippen LogP contribution in [0.25, 0.3) is 11.8 Å². The number of hydrogen-bond acceptors (Lipinski definition) is 4. The molecule has 0 spiro atoms. The van der Waals surface area contributed by atoms with E-state index in [4.69, 9.17) is 4.74 Å². The number of rotatable bonds is 7. The standard InChI is InChI=1S/C27H28FN3O2S/c1-5-29-27-30(6-2)26(32)25(34-27)16-21-15-18(3)31(19(21)4)22-11-13-23(14-12-22)33-17-20-9-7-8-10-24(20)28/h7-16H,5-6,17H2,1-4H3/b25-16+,29-27?. The Labute approximate surface area is 204 Å². The highest BCUT2D eigenvalue weighted by Crippen LogP contribution is 2.34. The molecular weight excluding hydrogens is 449 g/mol. The molecule has 2 aromatic carbocycles. The number of amides is 1. The minimum atomic E-state index is -0.270. The van der Waals surface area contributed by atoms with Gasteiger partial charge in [-0.3, -0.25) is 14.7 Å². The molecule has 5 nitrogen and oxygen atoms in total. The first-order valence-corrected chi connectivity index (χ1v) is 12.2. The van der Waals surface area contributed by atoms with Crippen molar-refractivity contribution in [2.75, 3.05) is 13.1 Å². The van der Waals surface area contributed by atoms with Crippen LogP contribution in [0.15, 0.2) is 64.5 Å². The van der Waals surface area contributed by atoms with Gasteiger partial charge in [0, 0.05) is 35.7 Å². The Morgan fingerprint density at radius 1 is 1.09 bits per heavy atom. The number of aliphatic imine (C=N–C) groups is 1. The van der Waals surface area contributed by atoms with Gasteiger partial charge >= 0.3 is 0 Å². The third kappa shape index (κ3) is 4.80. The molecule has 2 heterocycles. The summed E-state index contributed by atoms with van der Waals surface area (Å²) >= 11 is 1.43. The van der Waals surface area contributed by atoms with Crippen LogP contribution in [0.5, 0.6) is 5.75 Å². The molecule has 4 rings (SSSR count). The number of aryl methyl sites for hydroxylation is 1. The summed E-state index contributed by atoms with van der Waals surface area (Å²) in [5.74, 6) is 0.404. The first-order chi connectivity index (χ1) is 16.4.